The van der Waals surface area contributed by atoms with Crippen LogP contribution in [-0.4, -0.2) is 42.8 Å². The van der Waals surface area contributed by atoms with Gasteiger partial charge in [0.05, 0.1) is 6.61 Å². The zero-order chi connectivity index (χ0) is 15.5. The zero-order valence-corrected chi connectivity index (χ0v) is 12.1. The summed E-state index contributed by atoms with van der Waals surface area (Å²) in [6, 6.07) is 8.42. The van der Waals surface area contributed by atoms with Crippen LogP contribution in [0, 0.1) is 0 Å². The lowest BCUT2D eigenvalue weighted by Gasteiger charge is -2.13. The van der Waals surface area contributed by atoms with Gasteiger partial charge in [-0.25, -0.2) is 4.79 Å². The molecule has 0 spiro atoms. The van der Waals surface area contributed by atoms with Gasteiger partial charge in [0, 0.05) is 0 Å². The number of hydrogen-bond donors (Lipinski definition) is 2. The van der Waals surface area contributed by atoms with Crippen LogP contribution in [0.15, 0.2) is 30.3 Å². The van der Waals surface area contributed by atoms with Gasteiger partial charge in [-0.15, -0.1) is 0 Å². The first-order valence-corrected chi connectivity index (χ1v) is 6.91. The van der Waals surface area contributed by atoms with Crippen LogP contribution in [0.3, 0.4) is 0 Å². The van der Waals surface area contributed by atoms with Gasteiger partial charge in [0.15, 0.2) is 0 Å². The van der Waals surface area contributed by atoms with Crippen molar-refractivity contribution in [2.24, 2.45) is 0 Å². The molecule has 0 radical (unpaired) electrons. The van der Waals surface area contributed by atoms with Crippen molar-refractivity contribution in [3.63, 3.8) is 0 Å². The number of para-hydroxylation sites is 1. The van der Waals surface area contributed by atoms with Crippen molar-refractivity contribution in [3.05, 3.63) is 30.3 Å². The second-order valence-corrected chi connectivity index (χ2v) is 4.46. The first-order chi connectivity index (χ1) is 10.1. The summed E-state index contributed by atoms with van der Waals surface area (Å²) in [7, 11) is 0. The molecule has 2 N–H and O–H groups in total. The molecule has 0 aromatic heterocycles. The van der Waals surface area contributed by atoms with Crippen molar-refractivity contribution in [2.75, 3.05) is 19.8 Å². The summed E-state index contributed by atoms with van der Waals surface area (Å²) in [5, 5.41) is 11.3. The van der Waals surface area contributed by atoms with E-state index in [1.54, 1.807) is 0 Å². The Morgan fingerprint density at radius 1 is 1.24 bits per heavy atom. The molecule has 1 unspecified atom stereocenters. The predicted octanol–water partition coefficient (Wildman–Crippen LogP) is 1.45. The topological polar surface area (TPSA) is 84.9 Å². The van der Waals surface area contributed by atoms with E-state index in [9.17, 15) is 9.59 Å². The highest BCUT2D eigenvalue weighted by molar-refractivity contribution is 5.84. The van der Waals surface area contributed by atoms with E-state index in [0.717, 1.165) is 5.75 Å². The summed E-state index contributed by atoms with van der Waals surface area (Å²) in [4.78, 5) is 22.4. The number of carboxylic acid groups (broad SMARTS) is 1. The van der Waals surface area contributed by atoms with Crippen molar-refractivity contribution < 1.29 is 24.2 Å². The van der Waals surface area contributed by atoms with Crippen LogP contribution in [0.4, 0.5) is 0 Å². The Kier molecular flexibility index (Phi) is 7.89. The van der Waals surface area contributed by atoms with E-state index in [-0.39, 0.29) is 13.2 Å². The first-order valence-electron chi connectivity index (χ1n) is 6.91. The van der Waals surface area contributed by atoms with E-state index in [1.807, 2.05) is 37.3 Å². The minimum absolute atomic E-state index is 0.175. The lowest BCUT2D eigenvalue weighted by atomic mass is 10.2. The monoisotopic (exact) mass is 295 g/mol. The van der Waals surface area contributed by atoms with Crippen LogP contribution in [0.25, 0.3) is 0 Å². The second-order valence-electron chi connectivity index (χ2n) is 4.46. The maximum atomic E-state index is 11.5. The number of rotatable bonds is 10. The largest absolute Gasteiger partial charge is 0.491 e. The standard InChI is InChI=1S/C15H21NO5/c1-2-6-13(15(18)19)16-14(17)11-20-9-10-21-12-7-4-3-5-8-12/h3-5,7-8,13H,2,6,9-11H2,1H3,(H,16,17)(H,18,19). The highest BCUT2D eigenvalue weighted by atomic mass is 16.5. The Morgan fingerprint density at radius 3 is 2.57 bits per heavy atom. The summed E-state index contributed by atoms with van der Waals surface area (Å²) < 4.78 is 10.5. The summed E-state index contributed by atoms with van der Waals surface area (Å²) in [6.07, 6.45) is 1.08. The molecular formula is C15H21NO5. The van der Waals surface area contributed by atoms with Crippen LogP contribution in [0.1, 0.15) is 19.8 Å². The van der Waals surface area contributed by atoms with E-state index in [1.165, 1.54) is 0 Å². The normalized spacial score (nSPS) is 11.7. The van der Waals surface area contributed by atoms with Crippen molar-refractivity contribution >= 4 is 11.9 Å². The molecular weight excluding hydrogens is 274 g/mol. The molecule has 1 amide bonds. The van der Waals surface area contributed by atoms with Gasteiger partial charge in [0.25, 0.3) is 0 Å². The number of ether oxygens (including phenoxy) is 2. The number of carbonyl (C=O) groups is 2. The first kappa shape index (κ1) is 17.0. The minimum atomic E-state index is -1.03. The summed E-state index contributed by atoms with van der Waals surface area (Å²) in [5.41, 5.74) is 0. The van der Waals surface area contributed by atoms with Gasteiger partial charge < -0.3 is 19.9 Å². The van der Waals surface area contributed by atoms with Gasteiger partial charge in [-0.05, 0) is 18.6 Å². The van der Waals surface area contributed by atoms with Gasteiger partial charge in [-0.2, -0.15) is 0 Å². The molecule has 6 nitrogen and oxygen atoms in total. The fourth-order valence-electron chi connectivity index (χ4n) is 1.68. The van der Waals surface area contributed by atoms with Gasteiger partial charge >= 0.3 is 5.97 Å². The zero-order valence-electron chi connectivity index (χ0n) is 12.1. The molecule has 1 atom stereocenters. The quantitative estimate of drug-likeness (QED) is 0.638. The minimum Gasteiger partial charge on any atom is -0.491 e. The van der Waals surface area contributed by atoms with Crippen molar-refractivity contribution in [3.8, 4) is 5.75 Å². The molecule has 0 fully saturated rings. The van der Waals surface area contributed by atoms with Gasteiger partial charge in [0.2, 0.25) is 5.91 Å². The van der Waals surface area contributed by atoms with E-state index >= 15 is 0 Å². The number of benzene rings is 1. The summed E-state index contributed by atoms with van der Waals surface area (Å²) in [6.45, 7) is 2.27. The van der Waals surface area contributed by atoms with E-state index in [2.05, 4.69) is 5.32 Å². The lowest BCUT2D eigenvalue weighted by Crippen LogP contribution is -2.42. The fourth-order valence-corrected chi connectivity index (χ4v) is 1.68. The Bertz CT molecular complexity index is 435. The molecule has 0 aliphatic rings. The molecule has 6 heteroatoms. The molecule has 0 heterocycles. The Balaban J connectivity index is 2.14. The summed E-state index contributed by atoms with van der Waals surface area (Å²) in [5.74, 6) is -0.729. The fraction of sp³-hybridized carbons (Fsp3) is 0.467. The average molecular weight is 295 g/mol. The van der Waals surface area contributed by atoms with Crippen molar-refractivity contribution in [1.29, 1.82) is 0 Å². The van der Waals surface area contributed by atoms with Gasteiger partial charge in [-0.1, -0.05) is 31.5 Å². The molecule has 1 rings (SSSR count). The van der Waals surface area contributed by atoms with Crippen LogP contribution in [0.2, 0.25) is 0 Å². The third-order valence-corrected chi connectivity index (χ3v) is 2.68. The Labute approximate surface area is 124 Å². The number of carboxylic acids is 1. The number of amides is 1. The average Bonchev–Trinajstić information content (AvgIpc) is 2.47. The van der Waals surface area contributed by atoms with Crippen LogP contribution >= 0.6 is 0 Å². The highest BCUT2D eigenvalue weighted by Gasteiger charge is 2.18. The molecule has 0 saturated heterocycles. The SMILES string of the molecule is CCCC(NC(=O)COCCOc1ccccc1)C(=O)O. The number of carbonyl (C=O) groups excluding carboxylic acids is 1. The van der Waals surface area contributed by atoms with Gasteiger partial charge in [0.1, 0.15) is 25.0 Å². The van der Waals surface area contributed by atoms with E-state index in [4.69, 9.17) is 14.6 Å². The maximum Gasteiger partial charge on any atom is 0.326 e. The number of nitrogens with one attached hydrogen (secondary N) is 1. The third kappa shape index (κ3) is 7.31. The van der Waals surface area contributed by atoms with E-state index < -0.39 is 17.9 Å². The predicted molar refractivity (Wildman–Crippen MR) is 77.2 cm³/mol. The smallest absolute Gasteiger partial charge is 0.326 e. The Hall–Kier alpha value is -2.08. The second kappa shape index (κ2) is 9.77. The molecule has 0 bridgehead atoms. The van der Waals surface area contributed by atoms with Crippen LogP contribution in [0.5, 0.6) is 5.75 Å². The molecule has 0 saturated carbocycles. The highest BCUT2D eigenvalue weighted by Crippen LogP contribution is 2.07. The van der Waals surface area contributed by atoms with Crippen molar-refractivity contribution in [2.45, 2.75) is 25.8 Å². The molecule has 0 aliphatic heterocycles. The third-order valence-electron chi connectivity index (χ3n) is 2.68. The van der Waals surface area contributed by atoms with Crippen LogP contribution < -0.4 is 10.1 Å². The maximum absolute atomic E-state index is 11.5. The van der Waals surface area contributed by atoms with E-state index in [0.29, 0.717) is 19.4 Å². The van der Waals surface area contributed by atoms with Gasteiger partial charge in [-0.3, -0.25) is 4.79 Å². The number of hydrogen-bond acceptors (Lipinski definition) is 4. The van der Waals surface area contributed by atoms with Crippen molar-refractivity contribution in [1.82, 2.24) is 5.32 Å². The molecule has 1 aromatic rings. The van der Waals surface area contributed by atoms with Crippen LogP contribution in [-0.2, 0) is 14.3 Å². The molecule has 116 valence electrons. The summed E-state index contributed by atoms with van der Waals surface area (Å²) >= 11 is 0. The Morgan fingerprint density at radius 2 is 1.95 bits per heavy atom. The number of aliphatic carboxylic acids is 1. The molecule has 21 heavy (non-hydrogen) atoms. The molecule has 0 aliphatic carbocycles. The molecule has 1 aromatic carbocycles. The lowest BCUT2D eigenvalue weighted by molar-refractivity contribution is -0.142.